The van der Waals surface area contributed by atoms with E-state index in [1.165, 1.54) is 33.0 Å². The molecule has 0 saturated carbocycles. The summed E-state index contributed by atoms with van der Waals surface area (Å²) >= 11 is 2.99. The van der Waals surface area contributed by atoms with Gasteiger partial charge in [0.2, 0.25) is 5.12 Å². The van der Waals surface area contributed by atoms with E-state index in [1.807, 2.05) is 49.4 Å². The number of aryl methyl sites for hydroxylation is 2. The first-order valence-electron chi connectivity index (χ1n) is 7.08. The predicted octanol–water partition coefficient (Wildman–Crippen LogP) is 5.85. The van der Waals surface area contributed by atoms with E-state index in [-0.39, 0.29) is 5.12 Å². The van der Waals surface area contributed by atoms with Gasteiger partial charge in [-0.2, -0.15) is 0 Å². The molecule has 0 fully saturated rings. The van der Waals surface area contributed by atoms with E-state index in [9.17, 15) is 4.79 Å². The lowest BCUT2D eigenvalue weighted by Crippen LogP contribution is -1.84. The number of benzene rings is 2. The van der Waals surface area contributed by atoms with Gasteiger partial charge in [0.1, 0.15) is 0 Å². The molecule has 2 aromatic carbocycles. The third-order valence-corrected chi connectivity index (χ3v) is 5.57. The van der Waals surface area contributed by atoms with Gasteiger partial charge in [0.25, 0.3) is 0 Å². The Morgan fingerprint density at radius 2 is 1.77 bits per heavy atom. The Morgan fingerprint density at radius 3 is 2.50 bits per heavy atom. The van der Waals surface area contributed by atoms with Crippen molar-refractivity contribution in [3.63, 3.8) is 0 Å². The molecule has 3 rings (SSSR count). The van der Waals surface area contributed by atoms with Crippen molar-refractivity contribution in [1.82, 2.24) is 0 Å². The van der Waals surface area contributed by atoms with E-state index in [1.54, 1.807) is 17.4 Å². The molecule has 110 valence electrons. The van der Waals surface area contributed by atoms with Crippen molar-refractivity contribution in [2.24, 2.45) is 0 Å². The Hall–Kier alpha value is -1.84. The van der Waals surface area contributed by atoms with Crippen LogP contribution in [-0.4, -0.2) is 5.12 Å². The van der Waals surface area contributed by atoms with Crippen LogP contribution in [0.5, 0.6) is 0 Å². The quantitative estimate of drug-likeness (QED) is 0.444. The summed E-state index contributed by atoms with van der Waals surface area (Å²) in [4.78, 5) is 14.2. The number of thioether (sulfide) groups is 1. The minimum absolute atomic E-state index is 0.0562. The second-order valence-electron chi connectivity index (χ2n) is 5.15. The van der Waals surface area contributed by atoms with E-state index >= 15 is 0 Å². The lowest BCUT2D eigenvalue weighted by Gasteiger charge is -1.97. The molecule has 0 aliphatic heterocycles. The highest BCUT2D eigenvalue weighted by molar-refractivity contribution is 8.14. The molecule has 0 spiro atoms. The van der Waals surface area contributed by atoms with Gasteiger partial charge in [-0.25, -0.2) is 0 Å². The maximum atomic E-state index is 12.1. The fourth-order valence-electron chi connectivity index (χ4n) is 2.25. The number of hydrogen-bond donors (Lipinski definition) is 0. The number of carbonyl (C=O) groups is 1. The normalized spacial score (nSPS) is 11.4. The lowest BCUT2D eigenvalue weighted by molar-refractivity contribution is -0.106. The molecule has 1 aromatic heterocycles. The smallest absolute Gasteiger partial charge is 0.216 e. The van der Waals surface area contributed by atoms with Gasteiger partial charge >= 0.3 is 0 Å². The molecule has 0 amide bonds. The van der Waals surface area contributed by atoms with E-state index in [0.29, 0.717) is 0 Å². The van der Waals surface area contributed by atoms with E-state index in [4.69, 9.17) is 0 Å². The summed E-state index contributed by atoms with van der Waals surface area (Å²) in [6, 6.07) is 16.4. The topological polar surface area (TPSA) is 17.1 Å². The molecule has 1 heterocycles. The third kappa shape index (κ3) is 3.32. The fraction of sp³-hybridized carbons (Fsp3) is 0.105. The standard InChI is InChI=1S/C19H16OS2/c1-13-7-9-15(10-8-13)21-19(20)12-11-17-14(2)16-5-3-4-6-18(16)22-17/h3-12H,1-2H3. The third-order valence-electron chi connectivity index (χ3n) is 3.49. The first-order chi connectivity index (χ1) is 10.6. The van der Waals surface area contributed by atoms with Crippen LogP contribution < -0.4 is 0 Å². The van der Waals surface area contributed by atoms with Crippen LogP contribution in [0.3, 0.4) is 0 Å². The molecule has 0 aliphatic rings. The number of thiophene rings is 1. The summed E-state index contributed by atoms with van der Waals surface area (Å²) < 4.78 is 1.26. The van der Waals surface area contributed by atoms with Gasteiger partial charge in [-0.3, -0.25) is 4.79 Å². The Labute approximate surface area is 138 Å². The summed E-state index contributed by atoms with van der Waals surface area (Å²) in [5.74, 6) is 0. The van der Waals surface area contributed by atoms with E-state index < -0.39 is 0 Å². The maximum Gasteiger partial charge on any atom is 0.216 e. The average molecular weight is 324 g/mol. The number of rotatable bonds is 3. The van der Waals surface area contributed by atoms with Crippen LogP contribution in [0.2, 0.25) is 0 Å². The Balaban J connectivity index is 1.76. The molecule has 3 heteroatoms. The maximum absolute atomic E-state index is 12.1. The molecule has 0 bridgehead atoms. The van der Waals surface area contributed by atoms with Gasteiger partial charge in [-0.05, 0) is 66.9 Å². The molecule has 0 radical (unpaired) electrons. The Morgan fingerprint density at radius 1 is 1.05 bits per heavy atom. The largest absolute Gasteiger partial charge is 0.282 e. The summed E-state index contributed by atoms with van der Waals surface area (Å²) in [7, 11) is 0. The van der Waals surface area contributed by atoms with Crippen LogP contribution in [0.25, 0.3) is 16.2 Å². The minimum Gasteiger partial charge on any atom is -0.282 e. The summed E-state index contributed by atoms with van der Waals surface area (Å²) in [6.07, 6.45) is 3.60. The van der Waals surface area contributed by atoms with Crippen LogP contribution in [0, 0.1) is 13.8 Å². The van der Waals surface area contributed by atoms with Crippen molar-refractivity contribution in [2.45, 2.75) is 18.7 Å². The second-order valence-corrected chi connectivity index (χ2v) is 7.32. The van der Waals surface area contributed by atoms with Crippen molar-refractivity contribution in [3.8, 4) is 0 Å². The van der Waals surface area contributed by atoms with Crippen molar-refractivity contribution in [2.75, 3.05) is 0 Å². The first kappa shape index (κ1) is 15.1. The zero-order valence-corrected chi connectivity index (χ0v) is 14.1. The zero-order valence-electron chi connectivity index (χ0n) is 12.5. The van der Waals surface area contributed by atoms with Crippen LogP contribution in [-0.2, 0) is 4.79 Å². The van der Waals surface area contributed by atoms with Crippen molar-refractivity contribution in [3.05, 3.63) is 70.6 Å². The number of hydrogen-bond acceptors (Lipinski definition) is 3. The van der Waals surface area contributed by atoms with Gasteiger partial charge < -0.3 is 0 Å². The van der Waals surface area contributed by atoms with Gasteiger partial charge in [0.15, 0.2) is 0 Å². The monoisotopic (exact) mass is 324 g/mol. The van der Waals surface area contributed by atoms with Gasteiger partial charge in [0, 0.05) is 14.5 Å². The summed E-state index contributed by atoms with van der Waals surface area (Å²) in [5.41, 5.74) is 2.44. The molecular weight excluding hydrogens is 308 g/mol. The highest BCUT2D eigenvalue weighted by Gasteiger charge is 2.06. The fourth-order valence-corrected chi connectivity index (χ4v) is 4.01. The summed E-state index contributed by atoms with van der Waals surface area (Å²) in [5, 5.41) is 1.33. The molecule has 0 unspecified atom stereocenters. The Kier molecular flexibility index (Phi) is 4.46. The predicted molar refractivity (Wildman–Crippen MR) is 97.6 cm³/mol. The highest BCUT2D eigenvalue weighted by Crippen LogP contribution is 2.31. The summed E-state index contributed by atoms with van der Waals surface area (Å²) in [6.45, 7) is 4.15. The zero-order chi connectivity index (χ0) is 15.5. The van der Waals surface area contributed by atoms with Crippen molar-refractivity contribution in [1.29, 1.82) is 0 Å². The number of carbonyl (C=O) groups excluding carboxylic acids is 1. The Bertz CT molecular complexity index is 842. The molecule has 0 N–H and O–H groups in total. The average Bonchev–Trinajstić information content (AvgIpc) is 2.84. The molecule has 1 nitrogen and oxygen atoms in total. The van der Waals surface area contributed by atoms with Crippen LogP contribution in [0.4, 0.5) is 0 Å². The van der Waals surface area contributed by atoms with Gasteiger partial charge in [-0.15, -0.1) is 11.3 Å². The van der Waals surface area contributed by atoms with Crippen molar-refractivity contribution < 1.29 is 4.79 Å². The highest BCUT2D eigenvalue weighted by atomic mass is 32.2. The van der Waals surface area contributed by atoms with Crippen molar-refractivity contribution >= 4 is 44.4 Å². The molecule has 22 heavy (non-hydrogen) atoms. The molecule has 0 saturated heterocycles. The lowest BCUT2D eigenvalue weighted by atomic mass is 10.1. The molecule has 0 atom stereocenters. The van der Waals surface area contributed by atoms with Crippen LogP contribution >= 0.6 is 23.1 Å². The van der Waals surface area contributed by atoms with Gasteiger partial charge in [0.05, 0.1) is 0 Å². The van der Waals surface area contributed by atoms with Gasteiger partial charge in [-0.1, -0.05) is 35.9 Å². The minimum atomic E-state index is 0.0562. The number of fused-ring (bicyclic) bond motifs is 1. The van der Waals surface area contributed by atoms with E-state index in [2.05, 4.69) is 19.1 Å². The van der Waals surface area contributed by atoms with E-state index in [0.717, 1.165) is 9.77 Å². The van der Waals surface area contributed by atoms with Crippen LogP contribution in [0.1, 0.15) is 16.0 Å². The first-order valence-corrected chi connectivity index (χ1v) is 8.71. The molecule has 3 aromatic rings. The SMILES string of the molecule is Cc1ccc(SC(=O)C=Cc2sc3ccccc3c2C)cc1. The molecule has 0 aliphatic carbocycles. The second kappa shape index (κ2) is 6.51. The molecular formula is C19H16OS2. The van der Waals surface area contributed by atoms with Crippen LogP contribution in [0.15, 0.2) is 59.5 Å².